The molecule has 17 heavy (non-hydrogen) atoms. The molecule has 0 aliphatic carbocycles. The van der Waals surface area contributed by atoms with Gasteiger partial charge < -0.3 is 9.84 Å². The highest BCUT2D eigenvalue weighted by molar-refractivity contribution is 9.10. The molecule has 0 bridgehead atoms. The van der Waals surface area contributed by atoms with Gasteiger partial charge in [-0.15, -0.1) is 0 Å². The van der Waals surface area contributed by atoms with E-state index >= 15 is 0 Å². The van der Waals surface area contributed by atoms with E-state index in [1.54, 1.807) is 6.20 Å². The van der Waals surface area contributed by atoms with Gasteiger partial charge in [0, 0.05) is 16.2 Å². The Morgan fingerprint density at radius 2 is 2.00 bits per heavy atom. The van der Waals surface area contributed by atoms with Crippen LogP contribution in [0.15, 0.2) is 47.1 Å². The first-order valence-corrected chi connectivity index (χ1v) is 5.94. The second kappa shape index (κ2) is 5.29. The number of aromatic nitrogens is 1. The third-order valence-corrected chi connectivity index (χ3v) is 2.88. The number of aliphatic hydroxyl groups is 1. The quantitative estimate of drug-likeness (QED) is 0.946. The van der Waals surface area contributed by atoms with Crippen molar-refractivity contribution in [1.82, 2.24) is 4.98 Å². The molecule has 0 aliphatic rings. The number of methoxy groups -OCH3 is 1. The highest BCUT2D eigenvalue weighted by Gasteiger charge is 2.16. The highest BCUT2D eigenvalue weighted by atomic mass is 79.9. The fourth-order valence-corrected chi connectivity index (χ4v) is 1.97. The first-order valence-electron chi connectivity index (χ1n) is 5.15. The Hall–Kier alpha value is -1.39. The molecule has 2 rings (SSSR count). The number of aliphatic hydroxyl groups excluding tert-OH is 1. The Morgan fingerprint density at radius 1 is 1.29 bits per heavy atom. The molecule has 1 aromatic carbocycles. The van der Waals surface area contributed by atoms with Gasteiger partial charge in [0.2, 0.25) is 5.88 Å². The van der Waals surface area contributed by atoms with Crippen molar-refractivity contribution in [3.63, 3.8) is 0 Å². The van der Waals surface area contributed by atoms with Crippen LogP contribution in [0.5, 0.6) is 5.88 Å². The number of halogens is 1. The second-order valence-electron chi connectivity index (χ2n) is 3.57. The minimum Gasteiger partial charge on any atom is -0.481 e. The summed E-state index contributed by atoms with van der Waals surface area (Å²) in [5.41, 5.74) is 1.46. The van der Waals surface area contributed by atoms with Crippen molar-refractivity contribution in [3.05, 3.63) is 58.2 Å². The minimum absolute atomic E-state index is 0.435. The SMILES string of the molecule is COc1ncc(Br)cc1C(O)c1ccccc1. The summed E-state index contributed by atoms with van der Waals surface area (Å²) in [6.07, 6.45) is 0.899. The van der Waals surface area contributed by atoms with Gasteiger partial charge in [0.15, 0.2) is 0 Å². The number of hydrogen-bond acceptors (Lipinski definition) is 3. The lowest BCUT2D eigenvalue weighted by molar-refractivity contribution is 0.213. The summed E-state index contributed by atoms with van der Waals surface area (Å²) in [5.74, 6) is 0.435. The van der Waals surface area contributed by atoms with Gasteiger partial charge in [-0.3, -0.25) is 0 Å². The average Bonchev–Trinajstić information content (AvgIpc) is 2.39. The molecule has 0 radical (unpaired) electrons. The number of nitrogens with zero attached hydrogens (tertiary/aromatic N) is 1. The van der Waals surface area contributed by atoms with Gasteiger partial charge in [-0.2, -0.15) is 0 Å². The molecule has 0 saturated carbocycles. The van der Waals surface area contributed by atoms with Crippen LogP contribution in [0.25, 0.3) is 0 Å². The van der Waals surface area contributed by atoms with E-state index in [0.717, 1.165) is 10.0 Å². The fraction of sp³-hybridized carbons (Fsp3) is 0.154. The molecular weight excluding hydrogens is 282 g/mol. The summed E-state index contributed by atoms with van der Waals surface area (Å²) >= 11 is 3.34. The van der Waals surface area contributed by atoms with E-state index in [0.29, 0.717) is 11.4 Å². The molecule has 1 N–H and O–H groups in total. The zero-order valence-corrected chi connectivity index (χ0v) is 10.9. The molecule has 1 unspecified atom stereocenters. The Morgan fingerprint density at radius 3 is 2.65 bits per heavy atom. The largest absolute Gasteiger partial charge is 0.481 e. The van der Waals surface area contributed by atoms with Gasteiger partial charge in [0.05, 0.1) is 7.11 Å². The van der Waals surface area contributed by atoms with Gasteiger partial charge in [-0.1, -0.05) is 30.3 Å². The fourth-order valence-electron chi connectivity index (χ4n) is 1.62. The molecular formula is C13H12BrNO2. The van der Waals surface area contributed by atoms with Crippen molar-refractivity contribution in [2.45, 2.75) is 6.10 Å². The van der Waals surface area contributed by atoms with Crippen LogP contribution in [0.4, 0.5) is 0 Å². The Labute approximate surface area is 108 Å². The summed E-state index contributed by atoms with van der Waals surface area (Å²) in [5, 5.41) is 10.3. The van der Waals surface area contributed by atoms with E-state index in [-0.39, 0.29) is 0 Å². The Balaban J connectivity index is 2.43. The standard InChI is InChI=1S/C13H12BrNO2/c1-17-13-11(7-10(14)8-15-13)12(16)9-5-3-2-4-6-9/h2-8,12,16H,1H3. The third kappa shape index (κ3) is 2.65. The van der Waals surface area contributed by atoms with Crippen LogP contribution in [0.2, 0.25) is 0 Å². The molecule has 3 nitrogen and oxygen atoms in total. The Bertz CT molecular complexity index is 502. The lowest BCUT2D eigenvalue weighted by atomic mass is 10.0. The van der Waals surface area contributed by atoms with Crippen LogP contribution in [-0.2, 0) is 0 Å². The molecule has 2 aromatic rings. The number of rotatable bonds is 3. The predicted octanol–water partition coefficient (Wildman–Crippen LogP) is 2.93. The summed E-state index contributed by atoms with van der Waals surface area (Å²) in [7, 11) is 1.54. The summed E-state index contributed by atoms with van der Waals surface area (Å²) in [6.45, 7) is 0. The van der Waals surface area contributed by atoms with Crippen molar-refractivity contribution in [2.75, 3.05) is 7.11 Å². The van der Waals surface area contributed by atoms with Gasteiger partial charge >= 0.3 is 0 Å². The van der Waals surface area contributed by atoms with Crippen LogP contribution in [0.3, 0.4) is 0 Å². The van der Waals surface area contributed by atoms with E-state index in [4.69, 9.17) is 4.74 Å². The maximum Gasteiger partial charge on any atom is 0.219 e. The Kier molecular flexibility index (Phi) is 3.76. The van der Waals surface area contributed by atoms with Crippen molar-refractivity contribution in [3.8, 4) is 5.88 Å². The highest BCUT2D eigenvalue weighted by Crippen LogP contribution is 2.30. The van der Waals surface area contributed by atoms with Crippen molar-refractivity contribution in [2.24, 2.45) is 0 Å². The van der Waals surface area contributed by atoms with Crippen LogP contribution < -0.4 is 4.74 Å². The van der Waals surface area contributed by atoms with E-state index in [2.05, 4.69) is 20.9 Å². The lowest BCUT2D eigenvalue weighted by Crippen LogP contribution is -2.03. The van der Waals surface area contributed by atoms with Crippen LogP contribution in [-0.4, -0.2) is 17.2 Å². The molecule has 0 spiro atoms. The zero-order valence-electron chi connectivity index (χ0n) is 9.30. The summed E-state index contributed by atoms with van der Waals surface area (Å²) in [4.78, 5) is 4.11. The van der Waals surface area contributed by atoms with Crippen molar-refractivity contribution in [1.29, 1.82) is 0 Å². The van der Waals surface area contributed by atoms with Crippen LogP contribution >= 0.6 is 15.9 Å². The molecule has 1 heterocycles. The van der Waals surface area contributed by atoms with Crippen LogP contribution in [0.1, 0.15) is 17.2 Å². The summed E-state index contributed by atoms with van der Waals surface area (Å²) in [6, 6.07) is 11.2. The average molecular weight is 294 g/mol. The van der Waals surface area contributed by atoms with E-state index in [1.165, 1.54) is 7.11 Å². The molecule has 0 amide bonds. The van der Waals surface area contributed by atoms with Gasteiger partial charge in [0.25, 0.3) is 0 Å². The molecule has 1 atom stereocenters. The van der Waals surface area contributed by atoms with E-state index in [1.807, 2.05) is 36.4 Å². The first-order chi connectivity index (χ1) is 8.22. The van der Waals surface area contributed by atoms with Gasteiger partial charge in [0.1, 0.15) is 6.10 Å². The van der Waals surface area contributed by atoms with Crippen LogP contribution in [0, 0.1) is 0 Å². The van der Waals surface area contributed by atoms with E-state index < -0.39 is 6.10 Å². The molecule has 0 aliphatic heterocycles. The smallest absolute Gasteiger partial charge is 0.219 e. The zero-order chi connectivity index (χ0) is 12.3. The van der Waals surface area contributed by atoms with Crippen molar-refractivity contribution < 1.29 is 9.84 Å². The number of pyridine rings is 1. The number of ether oxygens (including phenoxy) is 1. The third-order valence-electron chi connectivity index (χ3n) is 2.45. The van der Waals surface area contributed by atoms with Gasteiger partial charge in [-0.25, -0.2) is 4.98 Å². The topological polar surface area (TPSA) is 42.4 Å². The number of benzene rings is 1. The van der Waals surface area contributed by atoms with E-state index in [9.17, 15) is 5.11 Å². The monoisotopic (exact) mass is 293 g/mol. The maximum absolute atomic E-state index is 10.3. The van der Waals surface area contributed by atoms with Crippen molar-refractivity contribution >= 4 is 15.9 Å². The molecule has 0 saturated heterocycles. The normalized spacial score (nSPS) is 12.2. The predicted molar refractivity (Wildman–Crippen MR) is 69.0 cm³/mol. The molecule has 88 valence electrons. The summed E-state index contributed by atoms with van der Waals surface area (Å²) < 4.78 is 5.96. The second-order valence-corrected chi connectivity index (χ2v) is 4.48. The number of hydrogen-bond donors (Lipinski definition) is 1. The maximum atomic E-state index is 10.3. The molecule has 1 aromatic heterocycles. The lowest BCUT2D eigenvalue weighted by Gasteiger charge is -2.14. The minimum atomic E-state index is -0.740. The molecule has 0 fully saturated rings. The van der Waals surface area contributed by atoms with Gasteiger partial charge in [-0.05, 0) is 27.6 Å². The molecule has 4 heteroatoms. The first kappa shape index (κ1) is 12.1.